The molecular formula is C37H56N4O3Si2. The third kappa shape index (κ3) is 9.75. The van der Waals surface area contributed by atoms with E-state index in [0.29, 0.717) is 19.4 Å². The van der Waals surface area contributed by atoms with Gasteiger partial charge in [-0.05, 0) is 78.0 Å². The second kappa shape index (κ2) is 15.6. The molecule has 1 aliphatic heterocycles. The van der Waals surface area contributed by atoms with E-state index in [4.69, 9.17) is 14.5 Å². The molecule has 1 aliphatic rings. The molecule has 46 heavy (non-hydrogen) atoms. The molecular weight excluding hydrogens is 605 g/mol. The van der Waals surface area contributed by atoms with Crippen molar-refractivity contribution in [1.82, 2.24) is 14.5 Å². The highest BCUT2D eigenvalue weighted by Gasteiger charge is 2.26. The van der Waals surface area contributed by atoms with Crippen molar-refractivity contribution in [2.75, 3.05) is 44.5 Å². The van der Waals surface area contributed by atoms with Crippen molar-refractivity contribution < 1.29 is 14.6 Å². The molecule has 1 N–H and O–H groups in total. The number of anilines is 1. The number of benzene rings is 3. The minimum Gasteiger partial charge on any atom is -0.392 e. The first-order valence-corrected chi connectivity index (χ1v) is 24.6. The van der Waals surface area contributed by atoms with E-state index in [1.807, 2.05) is 12.1 Å². The number of fused-ring (bicyclic) bond motifs is 2. The lowest BCUT2D eigenvalue weighted by Gasteiger charge is -2.35. The maximum atomic E-state index is 9.84. The summed E-state index contributed by atoms with van der Waals surface area (Å²) in [4.78, 5) is 10.1. The third-order valence-electron chi connectivity index (χ3n) is 9.18. The Kier molecular flexibility index (Phi) is 11.8. The van der Waals surface area contributed by atoms with Crippen LogP contribution in [0.5, 0.6) is 0 Å². The van der Waals surface area contributed by atoms with E-state index in [-0.39, 0.29) is 6.61 Å². The largest absolute Gasteiger partial charge is 0.392 e. The average Bonchev–Trinajstić information content (AvgIpc) is 3.38. The summed E-state index contributed by atoms with van der Waals surface area (Å²) in [6, 6.07) is 23.8. The fraction of sp³-hybridized carbons (Fsp3) is 0.541. The van der Waals surface area contributed by atoms with E-state index < -0.39 is 16.1 Å². The van der Waals surface area contributed by atoms with E-state index in [2.05, 4.69) is 102 Å². The van der Waals surface area contributed by atoms with Crippen molar-refractivity contribution in [1.29, 1.82) is 0 Å². The van der Waals surface area contributed by atoms with E-state index in [0.717, 1.165) is 86.9 Å². The monoisotopic (exact) mass is 660 g/mol. The van der Waals surface area contributed by atoms with Crippen LogP contribution in [0, 0.1) is 5.92 Å². The van der Waals surface area contributed by atoms with E-state index >= 15 is 0 Å². The lowest BCUT2D eigenvalue weighted by molar-refractivity contribution is 0.0882. The quantitative estimate of drug-likeness (QED) is 0.0746. The molecule has 4 aromatic rings. The predicted octanol–water partition coefficient (Wildman–Crippen LogP) is 8.03. The molecule has 250 valence electrons. The summed E-state index contributed by atoms with van der Waals surface area (Å²) in [6.45, 7) is 21.0. The second-order valence-electron chi connectivity index (χ2n) is 15.6. The molecule has 2 heterocycles. The molecule has 5 rings (SSSR count). The zero-order valence-electron chi connectivity index (χ0n) is 29.1. The highest BCUT2D eigenvalue weighted by molar-refractivity contribution is 6.76. The first kappa shape index (κ1) is 34.8. The fourth-order valence-electron chi connectivity index (χ4n) is 6.22. The highest BCUT2D eigenvalue weighted by Crippen LogP contribution is 2.29. The molecule has 3 aromatic carbocycles. The van der Waals surface area contributed by atoms with Crippen LogP contribution in [0.3, 0.4) is 0 Å². The third-order valence-corrected chi connectivity index (χ3v) is 12.6. The van der Waals surface area contributed by atoms with Crippen molar-refractivity contribution in [3.63, 3.8) is 0 Å². The van der Waals surface area contributed by atoms with Crippen molar-refractivity contribution in [3.05, 3.63) is 71.8 Å². The molecule has 1 saturated heterocycles. The number of nitrogens with zero attached hydrogens (tertiary/aromatic N) is 4. The van der Waals surface area contributed by atoms with Gasteiger partial charge in [0.15, 0.2) is 0 Å². The lowest BCUT2D eigenvalue weighted by atomic mass is 9.95. The highest BCUT2D eigenvalue weighted by atomic mass is 28.3. The van der Waals surface area contributed by atoms with E-state index in [9.17, 15) is 5.11 Å². The van der Waals surface area contributed by atoms with Gasteiger partial charge in [-0.25, -0.2) is 4.98 Å². The van der Waals surface area contributed by atoms with Gasteiger partial charge < -0.3 is 19.5 Å². The number of hydrogen-bond donors (Lipinski definition) is 1. The lowest BCUT2D eigenvalue weighted by Crippen LogP contribution is -2.40. The zero-order chi connectivity index (χ0) is 32.7. The number of aliphatic hydroxyl groups excluding tert-OH is 1. The van der Waals surface area contributed by atoms with E-state index in [1.165, 1.54) is 16.3 Å². The van der Waals surface area contributed by atoms with Gasteiger partial charge in [-0.1, -0.05) is 87.8 Å². The van der Waals surface area contributed by atoms with Crippen molar-refractivity contribution >= 4 is 43.9 Å². The van der Waals surface area contributed by atoms with Crippen LogP contribution in [0.4, 0.5) is 5.95 Å². The molecule has 0 bridgehead atoms. The Morgan fingerprint density at radius 3 is 2.28 bits per heavy atom. The topological polar surface area (TPSA) is 63.0 Å². The van der Waals surface area contributed by atoms with Crippen molar-refractivity contribution in [3.8, 4) is 0 Å². The minimum absolute atomic E-state index is 0.00567. The molecule has 1 aromatic heterocycles. The summed E-state index contributed by atoms with van der Waals surface area (Å²) in [5.74, 6) is 1.46. The Labute approximate surface area is 278 Å². The summed E-state index contributed by atoms with van der Waals surface area (Å²) in [6.07, 6.45) is 2.30. The number of aliphatic hydroxyl groups is 1. The minimum atomic E-state index is -1.20. The van der Waals surface area contributed by atoms with E-state index in [1.54, 1.807) is 0 Å². The number of hydrogen-bond acceptors (Lipinski definition) is 6. The Morgan fingerprint density at radius 1 is 0.870 bits per heavy atom. The predicted molar refractivity (Wildman–Crippen MR) is 198 cm³/mol. The van der Waals surface area contributed by atoms with Gasteiger partial charge in [0.2, 0.25) is 5.95 Å². The fourth-order valence-corrected chi connectivity index (χ4v) is 7.73. The van der Waals surface area contributed by atoms with Crippen LogP contribution in [-0.4, -0.2) is 75.3 Å². The summed E-state index contributed by atoms with van der Waals surface area (Å²) in [5.41, 5.74) is 4.23. The number of likely N-dealkylation sites (tertiary alicyclic amines) is 1. The number of ether oxygens (including phenoxy) is 2. The van der Waals surface area contributed by atoms with Gasteiger partial charge in [0.25, 0.3) is 0 Å². The smallest absolute Gasteiger partial charge is 0.210 e. The molecule has 0 aliphatic carbocycles. The first-order chi connectivity index (χ1) is 22.0. The van der Waals surface area contributed by atoms with Gasteiger partial charge in [-0.2, -0.15) is 0 Å². The van der Waals surface area contributed by atoms with Gasteiger partial charge >= 0.3 is 0 Å². The molecule has 1 fully saturated rings. The average molecular weight is 661 g/mol. The van der Waals surface area contributed by atoms with Crippen LogP contribution >= 0.6 is 0 Å². The van der Waals surface area contributed by atoms with Crippen LogP contribution in [-0.2, 0) is 29.4 Å². The Morgan fingerprint density at radius 2 is 1.57 bits per heavy atom. The van der Waals surface area contributed by atoms with Gasteiger partial charge in [0, 0.05) is 42.5 Å². The van der Waals surface area contributed by atoms with Crippen LogP contribution < -0.4 is 4.90 Å². The molecule has 0 radical (unpaired) electrons. The van der Waals surface area contributed by atoms with Gasteiger partial charge in [0.05, 0.1) is 17.6 Å². The summed E-state index contributed by atoms with van der Waals surface area (Å²) < 4.78 is 14.9. The standard InChI is InChI=1S/C37H56N4O3Si2/c1-45(2,3)22-20-43-28-40(25-30-16-18-39(19-17-30)26-33-12-9-11-32-10-7-8-13-34(32)33)37-38-35-24-31(27-42)14-15-36(35)41(37)29-44-21-23-46(4,5)6/h7-15,24,30,42H,16-23,25-29H2,1-6H3. The van der Waals surface area contributed by atoms with Crippen LogP contribution in [0.25, 0.3) is 21.8 Å². The summed E-state index contributed by atoms with van der Waals surface area (Å²) >= 11 is 0. The van der Waals surface area contributed by atoms with Gasteiger partial charge in [-0.3, -0.25) is 9.47 Å². The molecule has 0 atom stereocenters. The normalized spacial score (nSPS) is 15.3. The maximum Gasteiger partial charge on any atom is 0.210 e. The first-order valence-electron chi connectivity index (χ1n) is 17.2. The van der Waals surface area contributed by atoms with Crippen LogP contribution in [0.2, 0.25) is 51.4 Å². The molecule has 0 saturated carbocycles. The van der Waals surface area contributed by atoms with Crippen LogP contribution in [0.1, 0.15) is 24.0 Å². The van der Waals surface area contributed by atoms with Gasteiger partial charge in [0.1, 0.15) is 13.5 Å². The SMILES string of the molecule is C[Si](C)(C)CCOCN(CC1CCN(Cc2cccc3ccccc23)CC1)c1nc2cc(CO)ccc2n1COCC[Si](C)(C)C. The second-order valence-corrected chi connectivity index (χ2v) is 26.8. The molecule has 0 unspecified atom stereocenters. The summed E-state index contributed by atoms with van der Waals surface area (Å²) in [5, 5.41) is 12.5. The number of piperidine rings is 1. The van der Waals surface area contributed by atoms with Crippen molar-refractivity contribution in [2.24, 2.45) is 5.92 Å². The Balaban J connectivity index is 1.32. The number of rotatable bonds is 16. The maximum absolute atomic E-state index is 9.84. The Bertz CT molecular complexity index is 1550. The summed E-state index contributed by atoms with van der Waals surface area (Å²) in [7, 11) is -2.40. The molecule has 9 heteroatoms. The molecule has 0 amide bonds. The number of imidazole rings is 1. The van der Waals surface area contributed by atoms with Crippen molar-refractivity contribution in [2.45, 2.75) is 84.1 Å². The molecule has 0 spiro atoms. The van der Waals surface area contributed by atoms with Gasteiger partial charge in [-0.15, -0.1) is 0 Å². The Hall–Kier alpha value is -2.54. The van der Waals surface area contributed by atoms with Crippen LogP contribution in [0.15, 0.2) is 60.7 Å². The zero-order valence-corrected chi connectivity index (χ0v) is 31.1. The molecule has 7 nitrogen and oxygen atoms in total. The number of aromatic nitrogens is 2.